The Hall–Kier alpha value is -1.26. The van der Waals surface area contributed by atoms with Crippen LogP contribution in [0.5, 0.6) is 5.75 Å². The van der Waals surface area contributed by atoms with Crippen molar-refractivity contribution in [3.63, 3.8) is 0 Å². The Labute approximate surface area is 124 Å². The van der Waals surface area contributed by atoms with E-state index in [1.807, 2.05) is 18.2 Å². The lowest BCUT2D eigenvalue weighted by Crippen LogP contribution is -2.00. The summed E-state index contributed by atoms with van der Waals surface area (Å²) in [6, 6.07) is 10.4. The fraction of sp³-hybridized carbons (Fsp3) is 0.143. The van der Waals surface area contributed by atoms with E-state index >= 15 is 0 Å². The number of nitrogens with one attached hydrogen (secondary N) is 1. The summed E-state index contributed by atoms with van der Waals surface area (Å²) in [5.74, 6) is -0.154. The minimum atomic E-state index is -0.375. The molecule has 100 valence electrons. The lowest BCUT2D eigenvalue weighted by molar-refractivity contribution is 0.387. The molecule has 0 aliphatic carbocycles. The SMILES string of the molecule is COc1cc(NCc2ccc(Br)c(Cl)c2)ccc1F. The molecule has 0 aliphatic heterocycles. The molecule has 0 bridgehead atoms. The molecule has 0 aromatic heterocycles. The monoisotopic (exact) mass is 343 g/mol. The van der Waals surface area contributed by atoms with Crippen LogP contribution in [0.4, 0.5) is 10.1 Å². The zero-order valence-corrected chi connectivity index (χ0v) is 12.6. The van der Waals surface area contributed by atoms with Crippen LogP contribution in [0.15, 0.2) is 40.9 Å². The Morgan fingerprint density at radius 2 is 2.05 bits per heavy atom. The highest BCUT2D eigenvalue weighted by Gasteiger charge is 2.04. The summed E-state index contributed by atoms with van der Waals surface area (Å²) in [7, 11) is 1.44. The zero-order valence-electron chi connectivity index (χ0n) is 10.2. The van der Waals surface area contributed by atoms with Crippen molar-refractivity contribution in [3.8, 4) is 5.75 Å². The Morgan fingerprint density at radius 1 is 1.26 bits per heavy atom. The smallest absolute Gasteiger partial charge is 0.165 e. The molecule has 2 aromatic rings. The van der Waals surface area contributed by atoms with E-state index in [0.29, 0.717) is 11.6 Å². The van der Waals surface area contributed by atoms with Crippen molar-refractivity contribution in [2.24, 2.45) is 0 Å². The summed E-state index contributed by atoms with van der Waals surface area (Å²) >= 11 is 9.36. The molecule has 5 heteroatoms. The quantitative estimate of drug-likeness (QED) is 0.855. The van der Waals surface area contributed by atoms with Gasteiger partial charge in [-0.2, -0.15) is 0 Å². The topological polar surface area (TPSA) is 21.3 Å². The third-order valence-electron chi connectivity index (χ3n) is 2.63. The highest BCUT2D eigenvalue weighted by Crippen LogP contribution is 2.25. The summed E-state index contributed by atoms with van der Waals surface area (Å²) in [5, 5.41) is 3.85. The Morgan fingerprint density at radius 3 is 2.74 bits per heavy atom. The minimum absolute atomic E-state index is 0.221. The number of benzene rings is 2. The second-order valence-corrected chi connectivity index (χ2v) is 5.21. The zero-order chi connectivity index (χ0) is 13.8. The van der Waals surface area contributed by atoms with Crippen LogP contribution in [0.2, 0.25) is 5.02 Å². The number of halogens is 3. The molecule has 0 unspecified atom stereocenters. The lowest BCUT2D eigenvalue weighted by atomic mass is 10.2. The van der Waals surface area contributed by atoms with Crippen LogP contribution in [-0.4, -0.2) is 7.11 Å². The van der Waals surface area contributed by atoms with Gasteiger partial charge in [-0.05, 0) is 45.8 Å². The summed E-state index contributed by atoms with van der Waals surface area (Å²) < 4.78 is 19.0. The third-order valence-corrected chi connectivity index (χ3v) is 3.86. The van der Waals surface area contributed by atoms with E-state index in [4.69, 9.17) is 16.3 Å². The minimum Gasteiger partial charge on any atom is -0.494 e. The maximum atomic E-state index is 13.3. The van der Waals surface area contributed by atoms with Crippen molar-refractivity contribution < 1.29 is 9.13 Å². The predicted octanol–water partition coefficient (Wildman–Crippen LogP) is 4.86. The van der Waals surface area contributed by atoms with Crippen molar-refractivity contribution in [1.82, 2.24) is 0 Å². The summed E-state index contributed by atoms with van der Waals surface area (Å²) in [5.41, 5.74) is 1.83. The van der Waals surface area contributed by atoms with Crippen molar-refractivity contribution in [3.05, 3.63) is 57.3 Å². The lowest BCUT2D eigenvalue weighted by Gasteiger charge is -2.09. The van der Waals surface area contributed by atoms with E-state index in [9.17, 15) is 4.39 Å². The number of hydrogen-bond donors (Lipinski definition) is 1. The van der Waals surface area contributed by atoms with Crippen LogP contribution in [-0.2, 0) is 6.54 Å². The van der Waals surface area contributed by atoms with Gasteiger partial charge in [-0.15, -0.1) is 0 Å². The molecule has 0 heterocycles. The molecular formula is C14H12BrClFNO. The first-order chi connectivity index (χ1) is 9.10. The van der Waals surface area contributed by atoms with Gasteiger partial charge in [-0.3, -0.25) is 0 Å². The predicted molar refractivity (Wildman–Crippen MR) is 79.4 cm³/mol. The van der Waals surface area contributed by atoms with Crippen LogP contribution in [0.25, 0.3) is 0 Å². The van der Waals surface area contributed by atoms with Gasteiger partial charge in [0, 0.05) is 22.8 Å². The van der Waals surface area contributed by atoms with Gasteiger partial charge in [0.05, 0.1) is 12.1 Å². The first-order valence-corrected chi connectivity index (χ1v) is 6.78. The molecule has 0 saturated carbocycles. The molecule has 0 aliphatic rings. The molecule has 0 saturated heterocycles. The molecule has 0 fully saturated rings. The second-order valence-electron chi connectivity index (χ2n) is 3.95. The van der Waals surface area contributed by atoms with E-state index in [0.717, 1.165) is 15.7 Å². The number of methoxy groups -OCH3 is 1. The largest absolute Gasteiger partial charge is 0.494 e. The number of ether oxygens (including phenoxy) is 1. The normalized spacial score (nSPS) is 10.3. The van der Waals surface area contributed by atoms with Crippen LogP contribution in [0.3, 0.4) is 0 Å². The fourth-order valence-corrected chi connectivity index (χ4v) is 2.07. The van der Waals surface area contributed by atoms with Gasteiger partial charge in [0.1, 0.15) is 0 Å². The number of hydrogen-bond acceptors (Lipinski definition) is 2. The summed E-state index contributed by atoms with van der Waals surface area (Å²) in [4.78, 5) is 0. The highest BCUT2D eigenvalue weighted by atomic mass is 79.9. The van der Waals surface area contributed by atoms with Gasteiger partial charge in [-0.1, -0.05) is 17.7 Å². The van der Waals surface area contributed by atoms with Crippen molar-refractivity contribution in [2.75, 3.05) is 12.4 Å². The molecule has 0 atom stereocenters. The average Bonchev–Trinajstić information content (AvgIpc) is 2.41. The molecule has 19 heavy (non-hydrogen) atoms. The van der Waals surface area contributed by atoms with Crippen LogP contribution >= 0.6 is 27.5 Å². The third kappa shape index (κ3) is 3.61. The number of rotatable bonds is 4. The van der Waals surface area contributed by atoms with E-state index in [1.165, 1.54) is 13.2 Å². The van der Waals surface area contributed by atoms with E-state index < -0.39 is 0 Å². The highest BCUT2D eigenvalue weighted by molar-refractivity contribution is 9.10. The summed E-state index contributed by atoms with van der Waals surface area (Å²) in [6.45, 7) is 0.599. The Kier molecular flexibility index (Phi) is 4.66. The van der Waals surface area contributed by atoms with Gasteiger partial charge in [0.15, 0.2) is 11.6 Å². The maximum absolute atomic E-state index is 13.3. The van der Waals surface area contributed by atoms with E-state index in [1.54, 1.807) is 12.1 Å². The van der Waals surface area contributed by atoms with Crippen LogP contribution in [0.1, 0.15) is 5.56 Å². The first-order valence-electron chi connectivity index (χ1n) is 5.61. The van der Waals surface area contributed by atoms with Gasteiger partial charge in [0.25, 0.3) is 0 Å². The van der Waals surface area contributed by atoms with Gasteiger partial charge in [-0.25, -0.2) is 4.39 Å². The average molecular weight is 345 g/mol. The van der Waals surface area contributed by atoms with Crippen LogP contribution in [0, 0.1) is 5.82 Å². The standard InChI is InChI=1S/C14H12BrClFNO/c1-19-14-7-10(3-5-13(14)17)18-8-9-2-4-11(15)12(16)6-9/h2-7,18H,8H2,1H3. The van der Waals surface area contributed by atoms with E-state index in [-0.39, 0.29) is 11.6 Å². The van der Waals surface area contributed by atoms with Crippen molar-refractivity contribution >= 4 is 33.2 Å². The first kappa shape index (κ1) is 14.2. The molecule has 2 aromatic carbocycles. The Bertz CT molecular complexity index is 592. The van der Waals surface area contributed by atoms with Gasteiger partial charge < -0.3 is 10.1 Å². The molecular weight excluding hydrogens is 333 g/mol. The van der Waals surface area contributed by atoms with Gasteiger partial charge in [0.2, 0.25) is 0 Å². The molecule has 0 radical (unpaired) electrons. The molecule has 0 spiro atoms. The molecule has 2 nitrogen and oxygen atoms in total. The Balaban J connectivity index is 2.07. The van der Waals surface area contributed by atoms with E-state index in [2.05, 4.69) is 21.2 Å². The van der Waals surface area contributed by atoms with Gasteiger partial charge >= 0.3 is 0 Å². The second kappa shape index (κ2) is 6.26. The summed E-state index contributed by atoms with van der Waals surface area (Å²) in [6.07, 6.45) is 0. The molecule has 0 amide bonds. The fourth-order valence-electron chi connectivity index (χ4n) is 1.62. The number of anilines is 1. The maximum Gasteiger partial charge on any atom is 0.165 e. The van der Waals surface area contributed by atoms with Crippen LogP contribution < -0.4 is 10.1 Å². The molecule has 1 N–H and O–H groups in total. The molecule has 2 rings (SSSR count). The van der Waals surface area contributed by atoms with Crippen molar-refractivity contribution in [1.29, 1.82) is 0 Å². The van der Waals surface area contributed by atoms with Crippen molar-refractivity contribution in [2.45, 2.75) is 6.54 Å².